The van der Waals surface area contributed by atoms with Crippen molar-refractivity contribution in [1.29, 1.82) is 0 Å². The molecule has 1 aliphatic rings. The lowest BCUT2D eigenvalue weighted by atomic mass is 10.1. The van der Waals surface area contributed by atoms with Gasteiger partial charge in [-0.1, -0.05) is 30.3 Å². The molecule has 0 unspecified atom stereocenters. The third kappa shape index (κ3) is 2.90. The highest BCUT2D eigenvalue weighted by atomic mass is 16.5. The second kappa shape index (κ2) is 6.34. The number of pyridine rings is 1. The van der Waals surface area contributed by atoms with E-state index in [0.717, 1.165) is 48.7 Å². The van der Waals surface area contributed by atoms with Crippen molar-refractivity contribution in [3.63, 3.8) is 0 Å². The van der Waals surface area contributed by atoms with Gasteiger partial charge in [-0.05, 0) is 25.0 Å². The average Bonchev–Trinajstić information content (AvgIpc) is 3.13. The molecule has 0 amide bonds. The summed E-state index contributed by atoms with van der Waals surface area (Å²) in [7, 11) is 0. The van der Waals surface area contributed by atoms with Crippen molar-refractivity contribution in [3.8, 4) is 22.6 Å². The molecule has 0 aliphatic carbocycles. The maximum Gasteiger partial charge on any atom is 0.140 e. The van der Waals surface area contributed by atoms with Crippen LogP contribution >= 0.6 is 0 Å². The second-order valence-electron chi connectivity index (χ2n) is 5.79. The summed E-state index contributed by atoms with van der Waals surface area (Å²) in [4.78, 5) is 8.97. The number of rotatable bonds is 3. The number of imidazole rings is 1. The molecule has 1 fully saturated rings. The predicted octanol–water partition coefficient (Wildman–Crippen LogP) is 3.96. The van der Waals surface area contributed by atoms with Gasteiger partial charge in [0.05, 0.1) is 5.69 Å². The Kier molecular flexibility index (Phi) is 3.90. The van der Waals surface area contributed by atoms with Gasteiger partial charge in [0.2, 0.25) is 0 Å². The minimum atomic E-state index is 0.483. The number of nitrogens with zero attached hydrogens (tertiary/aromatic N) is 3. The summed E-state index contributed by atoms with van der Waals surface area (Å²) in [6.45, 7) is 1.67. The van der Waals surface area contributed by atoms with Gasteiger partial charge in [0.1, 0.15) is 5.82 Å². The van der Waals surface area contributed by atoms with E-state index in [1.54, 1.807) is 0 Å². The second-order valence-corrected chi connectivity index (χ2v) is 5.79. The highest BCUT2D eigenvalue weighted by Gasteiger charge is 2.18. The van der Waals surface area contributed by atoms with Crippen LogP contribution in [0.15, 0.2) is 61.1 Å². The van der Waals surface area contributed by atoms with Crippen LogP contribution < -0.4 is 0 Å². The summed E-state index contributed by atoms with van der Waals surface area (Å²) in [5.74, 6) is 1.03. The zero-order chi connectivity index (χ0) is 15.5. The Morgan fingerprint density at radius 2 is 1.65 bits per heavy atom. The number of ether oxygens (including phenoxy) is 1. The van der Waals surface area contributed by atoms with Crippen molar-refractivity contribution < 1.29 is 4.74 Å². The fraction of sp³-hybridized carbons (Fsp3) is 0.263. The van der Waals surface area contributed by atoms with E-state index in [0.29, 0.717) is 6.04 Å². The monoisotopic (exact) mass is 305 g/mol. The zero-order valence-electron chi connectivity index (χ0n) is 12.9. The van der Waals surface area contributed by atoms with Gasteiger partial charge in [-0.15, -0.1) is 0 Å². The van der Waals surface area contributed by atoms with Crippen LogP contribution in [0.25, 0.3) is 22.6 Å². The largest absolute Gasteiger partial charge is 0.381 e. The molecule has 1 aliphatic heterocycles. The lowest BCUT2D eigenvalue weighted by molar-refractivity contribution is 0.0700. The fourth-order valence-corrected chi connectivity index (χ4v) is 3.12. The van der Waals surface area contributed by atoms with Gasteiger partial charge in [-0.3, -0.25) is 4.98 Å². The predicted molar refractivity (Wildman–Crippen MR) is 90.0 cm³/mol. The highest BCUT2D eigenvalue weighted by molar-refractivity contribution is 5.65. The first-order valence-electron chi connectivity index (χ1n) is 8.04. The van der Waals surface area contributed by atoms with Crippen molar-refractivity contribution in [3.05, 3.63) is 61.1 Å². The van der Waals surface area contributed by atoms with Crippen LogP contribution in [0.3, 0.4) is 0 Å². The van der Waals surface area contributed by atoms with E-state index in [4.69, 9.17) is 4.74 Å². The zero-order valence-corrected chi connectivity index (χ0v) is 12.9. The van der Waals surface area contributed by atoms with E-state index in [9.17, 15) is 0 Å². The van der Waals surface area contributed by atoms with Crippen LogP contribution in [-0.2, 0) is 4.74 Å². The molecule has 23 heavy (non-hydrogen) atoms. The van der Waals surface area contributed by atoms with Gasteiger partial charge < -0.3 is 9.30 Å². The molecule has 0 N–H and O–H groups in total. The fourth-order valence-electron chi connectivity index (χ4n) is 3.12. The molecular weight excluding hydrogens is 286 g/mol. The molecule has 1 aromatic carbocycles. The number of benzene rings is 1. The first-order chi connectivity index (χ1) is 11.4. The van der Waals surface area contributed by atoms with Crippen LogP contribution in [0.1, 0.15) is 18.9 Å². The van der Waals surface area contributed by atoms with E-state index < -0.39 is 0 Å². The number of aromatic nitrogens is 3. The first-order valence-corrected chi connectivity index (χ1v) is 8.04. The van der Waals surface area contributed by atoms with Crippen molar-refractivity contribution in [1.82, 2.24) is 14.5 Å². The summed E-state index contributed by atoms with van der Waals surface area (Å²) in [6, 6.07) is 14.9. The summed E-state index contributed by atoms with van der Waals surface area (Å²) >= 11 is 0. The lowest BCUT2D eigenvalue weighted by Gasteiger charge is -2.25. The molecule has 0 bridgehead atoms. The molecule has 0 atom stereocenters. The minimum Gasteiger partial charge on any atom is -0.381 e. The van der Waals surface area contributed by atoms with Gasteiger partial charge in [0, 0.05) is 49.0 Å². The normalized spacial score (nSPS) is 15.7. The molecule has 116 valence electrons. The third-order valence-corrected chi connectivity index (χ3v) is 4.36. The third-order valence-electron chi connectivity index (χ3n) is 4.36. The van der Waals surface area contributed by atoms with Crippen molar-refractivity contribution in [2.24, 2.45) is 0 Å². The average molecular weight is 305 g/mol. The molecule has 3 aromatic rings. The quantitative estimate of drug-likeness (QED) is 0.735. The summed E-state index contributed by atoms with van der Waals surface area (Å²) in [5, 5.41) is 0. The summed E-state index contributed by atoms with van der Waals surface area (Å²) in [5.41, 5.74) is 3.26. The van der Waals surface area contributed by atoms with Gasteiger partial charge in [0.15, 0.2) is 0 Å². The maximum atomic E-state index is 5.47. The van der Waals surface area contributed by atoms with Crippen LogP contribution in [0.4, 0.5) is 0 Å². The standard InChI is InChI=1S/C19H19N3O/c1-2-10-20-18(3-1)15-4-6-16(7-5-15)19-21-11-12-22(19)17-8-13-23-14-9-17/h1-7,10-12,17H,8-9,13-14H2. The smallest absolute Gasteiger partial charge is 0.140 e. The molecule has 0 saturated carbocycles. The van der Waals surface area contributed by atoms with E-state index in [-0.39, 0.29) is 0 Å². The van der Waals surface area contributed by atoms with Crippen LogP contribution in [-0.4, -0.2) is 27.7 Å². The Hall–Kier alpha value is -2.46. The SMILES string of the molecule is c1ccc(-c2ccc(-c3nccn3C3CCOCC3)cc2)nc1. The summed E-state index contributed by atoms with van der Waals surface area (Å²) < 4.78 is 7.76. The Labute approximate surface area is 135 Å². The van der Waals surface area contributed by atoms with Crippen LogP contribution in [0.2, 0.25) is 0 Å². The lowest BCUT2D eigenvalue weighted by Crippen LogP contribution is -2.19. The number of hydrogen-bond donors (Lipinski definition) is 0. The first kappa shape index (κ1) is 14.2. The molecule has 0 spiro atoms. The van der Waals surface area contributed by atoms with Crippen molar-refractivity contribution >= 4 is 0 Å². The van der Waals surface area contributed by atoms with Gasteiger partial charge in [-0.2, -0.15) is 0 Å². The van der Waals surface area contributed by atoms with E-state index in [1.165, 1.54) is 0 Å². The Morgan fingerprint density at radius 1 is 0.870 bits per heavy atom. The molecule has 0 radical (unpaired) electrons. The van der Waals surface area contributed by atoms with Crippen molar-refractivity contribution in [2.45, 2.75) is 18.9 Å². The molecule has 4 rings (SSSR count). The Morgan fingerprint density at radius 3 is 2.39 bits per heavy atom. The topological polar surface area (TPSA) is 39.9 Å². The van der Waals surface area contributed by atoms with Gasteiger partial charge >= 0.3 is 0 Å². The van der Waals surface area contributed by atoms with E-state index >= 15 is 0 Å². The Balaban J connectivity index is 1.63. The molecule has 4 nitrogen and oxygen atoms in total. The van der Waals surface area contributed by atoms with E-state index in [1.807, 2.05) is 30.6 Å². The molecule has 4 heteroatoms. The van der Waals surface area contributed by atoms with E-state index in [2.05, 4.69) is 45.0 Å². The highest BCUT2D eigenvalue weighted by Crippen LogP contribution is 2.28. The number of hydrogen-bond acceptors (Lipinski definition) is 3. The Bertz CT molecular complexity index is 759. The summed E-state index contributed by atoms with van der Waals surface area (Å²) in [6.07, 6.45) is 7.89. The molecule has 3 heterocycles. The van der Waals surface area contributed by atoms with Gasteiger partial charge in [-0.25, -0.2) is 4.98 Å². The maximum absolute atomic E-state index is 5.47. The van der Waals surface area contributed by atoms with Crippen molar-refractivity contribution in [2.75, 3.05) is 13.2 Å². The van der Waals surface area contributed by atoms with Crippen LogP contribution in [0, 0.1) is 0 Å². The molecule has 2 aromatic heterocycles. The van der Waals surface area contributed by atoms with Crippen LogP contribution in [0.5, 0.6) is 0 Å². The molecule has 1 saturated heterocycles. The molecular formula is C19H19N3O. The minimum absolute atomic E-state index is 0.483. The van der Waals surface area contributed by atoms with Gasteiger partial charge in [0.25, 0.3) is 0 Å².